The van der Waals surface area contributed by atoms with E-state index in [1.807, 2.05) is 0 Å². The quantitative estimate of drug-likeness (QED) is 0.761. The lowest BCUT2D eigenvalue weighted by Gasteiger charge is -2.05. The first-order chi connectivity index (χ1) is 7.65. The number of rotatable bonds is 2. The summed E-state index contributed by atoms with van der Waals surface area (Å²) in [7, 11) is 0. The van der Waals surface area contributed by atoms with Crippen LogP contribution in [0, 0.1) is 11.6 Å². The van der Waals surface area contributed by atoms with E-state index >= 15 is 0 Å². The van der Waals surface area contributed by atoms with Crippen molar-refractivity contribution in [3.05, 3.63) is 70.1 Å². The van der Waals surface area contributed by atoms with Gasteiger partial charge in [-0.15, -0.1) is 0 Å². The van der Waals surface area contributed by atoms with Crippen LogP contribution < -0.4 is 5.56 Å². The third-order valence-corrected chi connectivity index (χ3v) is 2.19. The molecule has 82 valence electrons. The van der Waals surface area contributed by atoms with Gasteiger partial charge in [-0.05, 0) is 23.8 Å². The Morgan fingerprint density at radius 2 is 1.88 bits per heavy atom. The highest BCUT2D eigenvalue weighted by Crippen LogP contribution is 2.05. The first-order valence-corrected chi connectivity index (χ1v) is 4.75. The van der Waals surface area contributed by atoms with E-state index in [0.717, 1.165) is 18.3 Å². The van der Waals surface area contributed by atoms with Gasteiger partial charge in [0.15, 0.2) is 0 Å². The second-order valence-electron chi connectivity index (χ2n) is 3.44. The van der Waals surface area contributed by atoms with Crippen molar-refractivity contribution in [2.24, 2.45) is 0 Å². The summed E-state index contributed by atoms with van der Waals surface area (Å²) in [6.07, 6.45) is 1.10. The summed E-state index contributed by atoms with van der Waals surface area (Å²) < 4.78 is 27.0. The Morgan fingerprint density at radius 1 is 1.06 bits per heavy atom. The largest absolute Gasteiger partial charge is 0.308 e. The summed E-state index contributed by atoms with van der Waals surface area (Å²) in [6.45, 7) is 0.161. The minimum Gasteiger partial charge on any atom is -0.308 e. The number of hydrogen-bond acceptors (Lipinski definition) is 1. The molecule has 0 N–H and O–H groups in total. The highest BCUT2D eigenvalue weighted by atomic mass is 19.1. The number of benzene rings is 1. The summed E-state index contributed by atoms with van der Waals surface area (Å²) in [5, 5.41) is 0. The topological polar surface area (TPSA) is 22.0 Å². The number of pyridine rings is 1. The van der Waals surface area contributed by atoms with Crippen LogP contribution in [-0.4, -0.2) is 4.57 Å². The smallest absolute Gasteiger partial charge is 0.251 e. The molecule has 0 fully saturated rings. The van der Waals surface area contributed by atoms with Gasteiger partial charge in [0, 0.05) is 12.3 Å². The molecule has 0 spiro atoms. The van der Waals surface area contributed by atoms with Crippen LogP contribution in [0.1, 0.15) is 5.56 Å². The molecule has 1 aromatic heterocycles. The molecular formula is C12H9F2NO. The molecule has 0 amide bonds. The van der Waals surface area contributed by atoms with Crippen molar-refractivity contribution in [3.8, 4) is 0 Å². The summed E-state index contributed by atoms with van der Waals surface area (Å²) >= 11 is 0. The van der Waals surface area contributed by atoms with Crippen molar-refractivity contribution in [2.45, 2.75) is 6.54 Å². The zero-order chi connectivity index (χ0) is 11.5. The van der Waals surface area contributed by atoms with Crippen LogP contribution in [0.5, 0.6) is 0 Å². The molecule has 0 aliphatic rings. The van der Waals surface area contributed by atoms with Crippen LogP contribution in [-0.2, 0) is 6.54 Å². The Labute approximate surface area is 90.8 Å². The summed E-state index contributed by atoms with van der Waals surface area (Å²) in [6, 6.07) is 8.11. The number of hydrogen-bond donors (Lipinski definition) is 0. The first kappa shape index (κ1) is 10.5. The SMILES string of the molecule is O=c1ccc(F)cn1Cc1cccc(F)c1. The zero-order valence-electron chi connectivity index (χ0n) is 8.36. The minimum atomic E-state index is -0.490. The lowest BCUT2D eigenvalue weighted by molar-refractivity contribution is 0.593. The molecule has 0 atom stereocenters. The van der Waals surface area contributed by atoms with Gasteiger partial charge in [-0.1, -0.05) is 12.1 Å². The van der Waals surface area contributed by atoms with Crippen LogP contribution in [0.15, 0.2) is 47.4 Å². The Hall–Kier alpha value is -1.97. The predicted octanol–water partition coefficient (Wildman–Crippen LogP) is 2.17. The normalized spacial score (nSPS) is 10.4. The van der Waals surface area contributed by atoms with Gasteiger partial charge in [-0.2, -0.15) is 0 Å². The molecule has 0 aliphatic carbocycles. The van der Waals surface area contributed by atoms with Crippen LogP contribution in [0.3, 0.4) is 0 Å². The molecule has 0 saturated carbocycles. The highest BCUT2D eigenvalue weighted by Gasteiger charge is 2.00. The molecular weight excluding hydrogens is 212 g/mol. The molecule has 0 bridgehead atoms. The minimum absolute atomic E-state index is 0.161. The average Bonchev–Trinajstić information content (AvgIpc) is 2.24. The van der Waals surface area contributed by atoms with Gasteiger partial charge in [0.1, 0.15) is 11.6 Å². The van der Waals surface area contributed by atoms with E-state index in [4.69, 9.17) is 0 Å². The van der Waals surface area contributed by atoms with Gasteiger partial charge in [0.2, 0.25) is 0 Å². The standard InChI is InChI=1S/C12H9F2NO/c13-10-3-1-2-9(6-10)7-15-8-11(14)4-5-12(15)16/h1-6,8H,7H2. The Balaban J connectivity index is 2.34. The van der Waals surface area contributed by atoms with E-state index in [-0.39, 0.29) is 17.9 Å². The molecule has 0 saturated heterocycles. The molecule has 0 unspecified atom stereocenters. The molecule has 0 radical (unpaired) electrons. The van der Waals surface area contributed by atoms with Crippen LogP contribution >= 0.6 is 0 Å². The van der Waals surface area contributed by atoms with Crippen LogP contribution in [0.4, 0.5) is 8.78 Å². The number of halogens is 2. The fourth-order valence-corrected chi connectivity index (χ4v) is 1.46. The van der Waals surface area contributed by atoms with Crippen molar-refractivity contribution in [1.82, 2.24) is 4.57 Å². The van der Waals surface area contributed by atoms with Gasteiger partial charge in [0.25, 0.3) is 5.56 Å². The van der Waals surface area contributed by atoms with Crippen LogP contribution in [0.25, 0.3) is 0 Å². The van der Waals surface area contributed by atoms with Crippen molar-refractivity contribution >= 4 is 0 Å². The maximum absolute atomic E-state index is 12.9. The fraction of sp³-hybridized carbons (Fsp3) is 0.0833. The molecule has 2 nitrogen and oxygen atoms in total. The second kappa shape index (κ2) is 4.26. The first-order valence-electron chi connectivity index (χ1n) is 4.75. The maximum atomic E-state index is 12.9. The van der Waals surface area contributed by atoms with E-state index in [1.54, 1.807) is 12.1 Å². The van der Waals surface area contributed by atoms with Gasteiger partial charge in [0.05, 0.1) is 6.54 Å². The summed E-state index contributed by atoms with van der Waals surface area (Å²) in [4.78, 5) is 11.4. The fourth-order valence-electron chi connectivity index (χ4n) is 1.46. The number of nitrogens with zero attached hydrogens (tertiary/aromatic N) is 1. The molecule has 4 heteroatoms. The molecule has 1 heterocycles. The molecule has 0 aliphatic heterocycles. The lowest BCUT2D eigenvalue weighted by Crippen LogP contribution is -2.19. The van der Waals surface area contributed by atoms with Crippen LogP contribution in [0.2, 0.25) is 0 Å². The van der Waals surface area contributed by atoms with Crippen molar-refractivity contribution in [3.63, 3.8) is 0 Å². The van der Waals surface area contributed by atoms with Gasteiger partial charge in [-0.3, -0.25) is 4.79 Å². The summed E-state index contributed by atoms with van der Waals surface area (Å²) in [5.74, 6) is -0.863. The monoisotopic (exact) mass is 221 g/mol. The van der Waals surface area contributed by atoms with Crippen molar-refractivity contribution < 1.29 is 8.78 Å². The van der Waals surface area contributed by atoms with Gasteiger partial charge in [-0.25, -0.2) is 8.78 Å². The lowest BCUT2D eigenvalue weighted by atomic mass is 10.2. The second-order valence-corrected chi connectivity index (χ2v) is 3.44. The third-order valence-electron chi connectivity index (χ3n) is 2.19. The van der Waals surface area contributed by atoms with E-state index in [0.29, 0.717) is 5.56 Å². The highest BCUT2D eigenvalue weighted by molar-refractivity contribution is 5.17. The molecule has 1 aromatic carbocycles. The summed E-state index contributed by atoms with van der Waals surface area (Å²) in [5.41, 5.74) is 0.304. The zero-order valence-corrected chi connectivity index (χ0v) is 8.36. The Kier molecular flexibility index (Phi) is 2.81. The van der Waals surface area contributed by atoms with E-state index in [9.17, 15) is 13.6 Å². The maximum Gasteiger partial charge on any atom is 0.251 e. The third kappa shape index (κ3) is 2.34. The number of aromatic nitrogens is 1. The molecule has 2 rings (SSSR count). The van der Waals surface area contributed by atoms with Crippen molar-refractivity contribution in [2.75, 3.05) is 0 Å². The Bertz CT molecular complexity index is 563. The van der Waals surface area contributed by atoms with E-state index < -0.39 is 5.82 Å². The van der Waals surface area contributed by atoms with E-state index in [2.05, 4.69) is 0 Å². The molecule has 16 heavy (non-hydrogen) atoms. The average molecular weight is 221 g/mol. The predicted molar refractivity (Wildman–Crippen MR) is 56.2 cm³/mol. The van der Waals surface area contributed by atoms with Crippen molar-refractivity contribution in [1.29, 1.82) is 0 Å². The van der Waals surface area contributed by atoms with Gasteiger partial charge < -0.3 is 4.57 Å². The molecule has 2 aromatic rings. The Morgan fingerprint density at radius 3 is 2.62 bits per heavy atom. The van der Waals surface area contributed by atoms with Gasteiger partial charge >= 0.3 is 0 Å². The van der Waals surface area contributed by atoms with E-state index in [1.165, 1.54) is 16.7 Å².